The molecule has 3 aromatic heterocycles. The maximum atomic E-state index is 5.39. The number of imidazole rings is 1. The summed E-state index contributed by atoms with van der Waals surface area (Å²) in [6.45, 7) is 4.07. The molecule has 0 radical (unpaired) electrons. The second kappa shape index (κ2) is 4.29. The Morgan fingerprint density at radius 2 is 2.28 bits per heavy atom. The lowest BCUT2D eigenvalue weighted by molar-refractivity contribution is 0.639. The molecule has 3 heterocycles. The number of thiazole rings is 1. The smallest absolute Gasteiger partial charge is 0.179 e. The fourth-order valence-corrected chi connectivity index (χ4v) is 3.05. The van der Waals surface area contributed by atoms with Crippen LogP contribution in [-0.2, 0) is 0 Å². The standard InChI is InChI=1S/C12H12N4S2/c1-7-3-4-9-10(14-7)16(12(17)15-9)8(2)11-13-5-6-18-11/h3-6,8H,1-2H3,(H,15,17). The van der Waals surface area contributed by atoms with Gasteiger partial charge in [0.1, 0.15) is 5.01 Å². The minimum Gasteiger partial charge on any atom is -0.329 e. The predicted molar refractivity (Wildman–Crippen MR) is 75.6 cm³/mol. The molecule has 0 aliphatic heterocycles. The summed E-state index contributed by atoms with van der Waals surface area (Å²) in [6.07, 6.45) is 1.81. The molecule has 0 aliphatic carbocycles. The van der Waals surface area contributed by atoms with Gasteiger partial charge in [0.2, 0.25) is 0 Å². The average molecular weight is 276 g/mol. The number of aryl methyl sites for hydroxylation is 1. The number of hydrogen-bond donors (Lipinski definition) is 1. The van der Waals surface area contributed by atoms with Crippen molar-refractivity contribution in [1.82, 2.24) is 19.5 Å². The SMILES string of the molecule is Cc1ccc2[nH]c(=S)n(C(C)c3nccs3)c2n1. The number of pyridine rings is 1. The molecule has 0 saturated heterocycles. The number of rotatable bonds is 2. The first-order valence-electron chi connectivity index (χ1n) is 5.64. The van der Waals surface area contributed by atoms with E-state index in [1.807, 2.05) is 35.2 Å². The van der Waals surface area contributed by atoms with E-state index in [4.69, 9.17) is 12.2 Å². The number of fused-ring (bicyclic) bond motifs is 1. The van der Waals surface area contributed by atoms with Crippen LogP contribution in [0.2, 0.25) is 0 Å². The molecule has 3 aromatic rings. The van der Waals surface area contributed by atoms with E-state index in [0.717, 1.165) is 21.9 Å². The maximum Gasteiger partial charge on any atom is 0.179 e. The van der Waals surface area contributed by atoms with Crippen molar-refractivity contribution in [2.45, 2.75) is 19.9 Å². The van der Waals surface area contributed by atoms with Gasteiger partial charge in [-0.25, -0.2) is 9.97 Å². The number of nitrogens with zero attached hydrogens (tertiary/aromatic N) is 3. The Bertz CT molecular complexity index is 739. The molecule has 0 spiro atoms. The van der Waals surface area contributed by atoms with Crippen LogP contribution in [0, 0.1) is 11.7 Å². The molecule has 0 amide bonds. The molecule has 18 heavy (non-hydrogen) atoms. The third kappa shape index (κ3) is 1.77. The summed E-state index contributed by atoms with van der Waals surface area (Å²) in [6, 6.07) is 4.09. The highest BCUT2D eigenvalue weighted by Gasteiger charge is 2.15. The zero-order chi connectivity index (χ0) is 12.7. The Morgan fingerprint density at radius 3 is 3.00 bits per heavy atom. The molecular formula is C12H12N4S2. The maximum absolute atomic E-state index is 5.39. The summed E-state index contributed by atoms with van der Waals surface area (Å²) >= 11 is 7.02. The largest absolute Gasteiger partial charge is 0.329 e. The lowest BCUT2D eigenvalue weighted by atomic mass is 10.3. The molecule has 1 N–H and O–H groups in total. The molecule has 6 heteroatoms. The van der Waals surface area contributed by atoms with Crippen LogP contribution < -0.4 is 0 Å². The van der Waals surface area contributed by atoms with E-state index in [1.165, 1.54) is 0 Å². The zero-order valence-corrected chi connectivity index (χ0v) is 11.7. The van der Waals surface area contributed by atoms with E-state index in [-0.39, 0.29) is 6.04 Å². The van der Waals surface area contributed by atoms with Crippen LogP contribution in [0.1, 0.15) is 23.7 Å². The number of nitrogens with one attached hydrogen (secondary N) is 1. The predicted octanol–water partition coefficient (Wildman–Crippen LogP) is 3.47. The van der Waals surface area contributed by atoms with Crippen molar-refractivity contribution in [2.75, 3.05) is 0 Å². The van der Waals surface area contributed by atoms with Crippen molar-refractivity contribution in [3.05, 3.63) is 39.2 Å². The molecule has 0 fully saturated rings. The minimum absolute atomic E-state index is 0.0977. The van der Waals surface area contributed by atoms with Gasteiger partial charge in [-0.2, -0.15) is 0 Å². The van der Waals surface area contributed by atoms with Gasteiger partial charge >= 0.3 is 0 Å². The first kappa shape index (κ1) is 11.6. The van der Waals surface area contributed by atoms with E-state index in [9.17, 15) is 0 Å². The van der Waals surface area contributed by atoms with Gasteiger partial charge in [0.25, 0.3) is 0 Å². The summed E-state index contributed by atoms with van der Waals surface area (Å²) in [5.41, 5.74) is 2.84. The summed E-state index contributed by atoms with van der Waals surface area (Å²) in [5.74, 6) is 0. The van der Waals surface area contributed by atoms with Gasteiger partial charge in [-0.15, -0.1) is 11.3 Å². The van der Waals surface area contributed by atoms with Gasteiger partial charge in [-0.3, -0.25) is 4.57 Å². The molecule has 0 bridgehead atoms. The summed E-state index contributed by atoms with van der Waals surface area (Å²) in [7, 11) is 0. The summed E-state index contributed by atoms with van der Waals surface area (Å²) in [4.78, 5) is 12.1. The van der Waals surface area contributed by atoms with Gasteiger partial charge in [-0.1, -0.05) is 0 Å². The molecule has 0 saturated carbocycles. The van der Waals surface area contributed by atoms with E-state index in [2.05, 4.69) is 21.9 Å². The van der Waals surface area contributed by atoms with Crippen molar-refractivity contribution in [3.63, 3.8) is 0 Å². The molecule has 1 unspecified atom stereocenters. The fraction of sp³-hybridized carbons (Fsp3) is 0.250. The highest BCUT2D eigenvalue weighted by Crippen LogP contribution is 2.24. The first-order chi connectivity index (χ1) is 8.66. The fourth-order valence-electron chi connectivity index (χ4n) is 2.01. The number of aromatic amines is 1. The van der Waals surface area contributed by atoms with Crippen molar-refractivity contribution in [3.8, 4) is 0 Å². The van der Waals surface area contributed by atoms with Gasteiger partial charge in [0, 0.05) is 17.3 Å². The van der Waals surface area contributed by atoms with E-state index < -0.39 is 0 Å². The van der Waals surface area contributed by atoms with E-state index >= 15 is 0 Å². The quantitative estimate of drug-likeness (QED) is 0.729. The average Bonchev–Trinajstić information content (AvgIpc) is 2.94. The highest BCUT2D eigenvalue weighted by atomic mass is 32.1. The van der Waals surface area contributed by atoms with Crippen LogP contribution in [0.25, 0.3) is 11.2 Å². The Morgan fingerprint density at radius 1 is 1.44 bits per heavy atom. The van der Waals surface area contributed by atoms with Crippen LogP contribution in [0.3, 0.4) is 0 Å². The Kier molecular flexibility index (Phi) is 2.76. The van der Waals surface area contributed by atoms with Crippen LogP contribution in [0.4, 0.5) is 0 Å². The van der Waals surface area contributed by atoms with Gasteiger partial charge in [0.05, 0.1) is 11.6 Å². The van der Waals surface area contributed by atoms with Gasteiger partial charge in [-0.05, 0) is 38.2 Å². The minimum atomic E-state index is 0.0977. The Hall–Kier alpha value is -1.53. The van der Waals surface area contributed by atoms with Crippen LogP contribution in [0.5, 0.6) is 0 Å². The van der Waals surface area contributed by atoms with Gasteiger partial charge < -0.3 is 4.98 Å². The molecule has 3 rings (SSSR count). The number of hydrogen-bond acceptors (Lipinski definition) is 4. The Balaban J connectivity index is 2.25. The second-order valence-corrected chi connectivity index (χ2v) is 5.48. The van der Waals surface area contributed by atoms with Crippen molar-refractivity contribution in [2.24, 2.45) is 0 Å². The van der Waals surface area contributed by atoms with Gasteiger partial charge in [0.15, 0.2) is 10.4 Å². The third-order valence-electron chi connectivity index (χ3n) is 2.90. The number of H-pyrrole nitrogens is 1. The molecule has 92 valence electrons. The second-order valence-electron chi connectivity index (χ2n) is 4.17. The van der Waals surface area contributed by atoms with Crippen molar-refractivity contribution < 1.29 is 0 Å². The van der Waals surface area contributed by atoms with Crippen molar-refractivity contribution >= 4 is 34.7 Å². The van der Waals surface area contributed by atoms with Crippen LogP contribution in [-0.4, -0.2) is 19.5 Å². The normalized spacial score (nSPS) is 13.0. The molecule has 0 aliphatic rings. The molecular weight excluding hydrogens is 264 g/mol. The van der Waals surface area contributed by atoms with Crippen LogP contribution >= 0.6 is 23.6 Å². The lowest BCUT2D eigenvalue weighted by Gasteiger charge is -2.11. The van der Waals surface area contributed by atoms with Crippen molar-refractivity contribution in [1.29, 1.82) is 0 Å². The summed E-state index contributed by atoms with van der Waals surface area (Å²) in [5, 5.41) is 3.01. The topological polar surface area (TPSA) is 46.5 Å². The van der Waals surface area contributed by atoms with Crippen LogP contribution in [0.15, 0.2) is 23.7 Å². The molecule has 1 atom stereocenters. The first-order valence-corrected chi connectivity index (χ1v) is 6.93. The lowest BCUT2D eigenvalue weighted by Crippen LogP contribution is -2.07. The zero-order valence-electron chi connectivity index (χ0n) is 10.0. The number of aromatic nitrogens is 4. The third-order valence-corrected chi connectivity index (χ3v) is 4.14. The highest BCUT2D eigenvalue weighted by molar-refractivity contribution is 7.71. The molecule has 0 aromatic carbocycles. The Labute approximate surface area is 113 Å². The molecule has 4 nitrogen and oxygen atoms in total. The van der Waals surface area contributed by atoms with E-state index in [1.54, 1.807) is 11.3 Å². The summed E-state index contributed by atoms with van der Waals surface area (Å²) < 4.78 is 2.71. The monoisotopic (exact) mass is 276 g/mol. The van der Waals surface area contributed by atoms with E-state index in [0.29, 0.717) is 4.77 Å².